The van der Waals surface area contributed by atoms with Crippen LogP contribution < -0.4 is 20.7 Å². The van der Waals surface area contributed by atoms with Crippen LogP contribution in [0.5, 0.6) is 0 Å². The molecule has 5 rings (SSSR count). The van der Waals surface area contributed by atoms with Gasteiger partial charge in [-0.2, -0.15) is 0 Å². The number of hydrogen-bond donors (Lipinski definition) is 0. The van der Waals surface area contributed by atoms with Crippen LogP contribution in [-0.4, -0.2) is 53.8 Å². The minimum atomic E-state index is -2.50. The molecule has 4 heteroatoms. The summed E-state index contributed by atoms with van der Waals surface area (Å²) >= 11 is 0. The van der Waals surface area contributed by atoms with Gasteiger partial charge >= 0.3 is 0 Å². The second kappa shape index (κ2) is 13.0. The standard InChI is InChI=1S/C38H36N2Si2/c1-39(2)41(35-17-9-5-10-18-35,36-19-11-6-12-20-36)31-29-33-25-27-34(28-26-33)30-32-42(40(3)4,37-21-13-7-14-22-37)38-23-15-8-16-24-38/h5-28H,1-4H3. The van der Waals surface area contributed by atoms with Gasteiger partial charge in [0.1, 0.15) is 0 Å². The molecule has 0 radical (unpaired) electrons. The normalized spacial score (nSPS) is 11.4. The smallest absolute Gasteiger partial charge is 0.274 e. The largest absolute Gasteiger partial charge is 0.313 e. The lowest BCUT2D eigenvalue weighted by molar-refractivity contribution is 0.646. The van der Waals surface area contributed by atoms with Crippen molar-refractivity contribution < 1.29 is 0 Å². The maximum absolute atomic E-state index is 3.79. The molecule has 0 bridgehead atoms. The van der Waals surface area contributed by atoms with Gasteiger partial charge in [-0.05, 0) is 73.2 Å². The van der Waals surface area contributed by atoms with Crippen molar-refractivity contribution in [1.29, 1.82) is 0 Å². The average Bonchev–Trinajstić information content (AvgIpc) is 3.04. The zero-order valence-electron chi connectivity index (χ0n) is 24.8. The highest BCUT2D eigenvalue weighted by molar-refractivity contribution is 7.06. The third-order valence-corrected chi connectivity index (χ3v) is 16.1. The van der Waals surface area contributed by atoms with E-state index >= 15 is 0 Å². The Balaban J connectivity index is 1.54. The molecule has 0 fully saturated rings. The summed E-state index contributed by atoms with van der Waals surface area (Å²) in [5.41, 5.74) is 9.58. The Morgan fingerprint density at radius 2 is 0.595 bits per heavy atom. The molecule has 206 valence electrons. The molecular formula is C38H36N2Si2. The Hall–Kier alpha value is -4.43. The van der Waals surface area contributed by atoms with E-state index < -0.39 is 16.5 Å². The summed E-state index contributed by atoms with van der Waals surface area (Å²) in [6.07, 6.45) is 0. The van der Waals surface area contributed by atoms with Gasteiger partial charge < -0.3 is 9.13 Å². The third-order valence-electron chi connectivity index (χ3n) is 7.77. The van der Waals surface area contributed by atoms with Crippen molar-refractivity contribution in [3.8, 4) is 22.9 Å². The summed E-state index contributed by atoms with van der Waals surface area (Å²) in [6.45, 7) is 0. The predicted molar refractivity (Wildman–Crippen MR) is 183 cm³/mol. The highest BCUT2D eigenvalue weighted by Crippen LogP contribution is 2.12. The quantitative estimate of drug-likeness (QED) is 0.222. The highest BCUT2D eigenvalue weighted by atomic mass is 28.3. The fourth-order valence-corrected chi connectivity index (χ4v) is 12.7. The van der Waals surface area contributed by atoms with Crippen LogP contribution in [0.25, 0.3) is 0 Å². The molecule has 0 amide bonds. The first-order valence-corrected chi connectivity index (χ1v) is 18.1. The van der Waals surface area contributed by atoms with Gasteiger partial charge in [0.2, 0.25) is 0 Å². The summed E-state index contributed by atoms with van der Waals surface area (Å²) < 4.78 is 4.67. The van der Waals surface area contributed by atoms with E-state index in [1.54, 1.807) is 0 Å². The predicted octanol–water partition coefficient (Wildman–Crippen LogP) is 4.11. The van der Waals surface area contributed by atoms with E-state index in [1.165, 1.54) is 20.7 Å². The van der Waals surface area contributed by atoms with Gasteiger partial charge in [0.05, 0.1) is 0 Å². The van der Waals surface area contributed by atoms with Crippen LogP contribution >= 0.6 is 0 Å². The molecule has 0 aliphatic heterocycles. The van der Waals surface area contributed by atoms with E-state index in [0.717, 1.165) is 11.1 Å². The van der Waals surface area contributed by atoms with Gasteiger partial charge in [0.15, 0.2) is 0 Å². The lowest BCUT2D eigenvalue weighted by Crippen LogP contribution is -2.67. The lowest BCUT2D eigenvalue weighted by Gasteiger charge is -2.33. The molecule has 0 heterocycles. The molecule has 0 atom stereocenters. The first-order valence-electron chi connectivity index (χ1n) is 14.2. The Bertz CT molecular complexity index is 1500. The Labute approximate surface area is 253 Å². The molecular weight excluding hydrogens is 541 g/mol. The number of rotatable bonds is 6. The van der Waals surface area contributed by atoms with E-state index in [2.05, 4.69) is 206 Å². The maximum Gasteiger partial charge on any atom is 0.274 e. The van der Waals surface area contributed by atoms with Crippen molar-refractivity contribution in [3.05, 3.63) is 157 Å². The van der Waals surface area contributed by atoms with Crippen LogP contribution in [0.15, 0.2) is 146 Å². The monoisotopic (exact) mass is 576 g/mol. The molecule has 42 heavy (non-hydrogen) atoms. The molecule has 0 aliphatic rings. The van der Waals surface area contributed by atoms with Crippen molar-refractivity contribution in [2.75, 3.05) is 28.2 Å². The van der Waals surface area contributed by atoms with E-state index in [-0.39, 0.29) is 0 Å². The highest BCUT2D eigenvalue weighted by Gasteiger charge is 2.40. The maximum atomic E-state index is 3.79. The van der Waals surface area contributed by atoms with Gasteiger partial charge in [-0.3, -0.25) is 0 Å². The SMILES string of the molecule is CN(C)[Si](C#Cc1ccc(C#C[Si](c2ccccc2)(c2ccccc2)N(C)C)cc1)(c1ccccc1)c1ccccc1. The van der Waals surface area contributed by atoms with E-state index in [4.69, 9.17) is 0 Å². The van der Waals surface area contributed by atoms with Gasteiger partial charge in [-0.15, -0.1) is 0 Å². The third kappa shape index (κ3) is 5.81. The van der Waals surface area contributed by atoms with Crippen LogP contribution in [0.1, 0.15) is 11.1 Å². The lowest BCUT2D eigenvalue weighted by atomic mass is 10.1. The van der Waals surface area contributed by atoms with Crippen molar-refractivity contribution in [2.24, 2.45) is 0 Å². The summed E-state index contributed by atoms with van der Waals surface area (Å²) in [7, 11) is 3.60. The number of nitrogens with zero attached hydrogens (tertiary/aromatic N) is 2. The summed E-state index contributed by atoms with van der Waals surface area (Å²) in [5.74, 6) is 7.11. The molecule has 0 aromatic heterocycles. The molecule has 0 aliphatic carbocycles. The van der Waals surface area contributed by atoms with Gasteiger partial charge in [0.25, 0.3) is 16.5 Å². The molecule has 5 aromatic rings. The average molecular weight is 577 g/mol. The van der Waals surface area contributed by atoms with E-state index in [1.807, 2.05) is 0 Å². The summed E-state index contributed by atoms with van der Waals surface area (Å²) in [5, 5.41) is 5.12. The summed E-state index contributed by atoms with van der Waals surface area (Å²) in [4.78, 5) is 0. The topological polar surface area (TPSA) is 6.48 Å². The molecule has 0 unspecified atom stereocenters. The fraction of sp³-hybridized carbons (Fsp3) is 0.105. The van der Waals surface area contributed by atoms with Crippen molar-refractivity contribution in [2.45, 2.75) is 0 Å². The number of benzene rings is 5. The van der Waals surface area contributed by atoms with Crippen LogP contribution in [0.4, 0.5) is 0 Å². The summed E-state index contributed by atoms with van der Waals surface area (Å²) in [6, 6.07) is 51.3. The first-order chi connectivity index (χ1) is 20.5. The van der Waals surface area contributed by atoms with Crippen LogP contribution in [0, 0.1) is 22.9 Å². The Morgan fingerprint density at radius 3 is 0.810 bits per heavy atom. The minimum Gasteiger partial charge on any atom is -0.313 e. The zero-order valence-corrected chi connectivity index (χ0v) is 26.8. The van der Waals surface area contributed by atoms with Gasteiger partial charge in [-0.1, -0.05) is 144 Å². The second-order valence-corrected chi connectivity index (χ2v) is 18.2. The van der Waals surface area contributed by atoms with Crippen molar-refractivity contribution >= 4 is 37.2 Å². The van der Waals surface area contributed by atoms with E-state index in [0.29, 0.717) is 0 Å². The molecule has 0 saturated heterocycles. The molecule has 5 aromatic carbocycles. The van der Waals surface area contributed by atoms with E-state index in [9.17, 15) is 0 Å². The van der Waals surface area contributed by atoms with Crippen molar-refractivity contribution in [1.82, 2.24) is 9.13 Å². The first kappa shape index (κ1) is 29.1. The Morgan fingerprint density at radius 1 is 0.357 bits per heavy atom. The Kier molecular flexibility index (Phi) is 9.03. The fourth-order valence-electron chi connectivity index (χ4n) is 5.56. The van der Waals surface area contributed by atoms with Gasteiger partial charge in [0, 0.05) is 11.1 Å². The minimum absolute atomic E-state index is 0.994. The van der Waals surface area contributed by atoms with Crippen LogP contribution in [0.3, 0.4) is 0 Å². The molecule has 0 saturated carbocycles. The molecule has 2 nitrogen and oxygen atoms in total. The molecule has 0 spiro atoms. The number of hydrogen-bond acceptors (Lipinski definition) is 2. The zero-order chi connectivity index (χ0) is 29.4. The van der Waals surface area contributed by atoms with Gasteiger partial charge in [-0.25, -0.2) is 0 Å². The van der Waals surface area contributed by atoms with Crippen LogP contribution in [-0.2, 0) is 0 Å². The molecule has 0 N–H and O–H groups in total. The van der Waals surface area contributed by atoms with Crippen LogP contribution in [0.2, 0.25) is 0 Å². The van der Waals surface area contributed by atoms with Crippen molar-refractivity contribution in [3.63, 3.8) is 0 Å². The second-order valence-electron chi connectivity index (χ2n) is 10.8.